The Kier molecular flexibility index (Phi) is 4.57. The Morgan fingerprint density at radius 1 is 1.42 bits per heavy atom. The lowest BCUT2D eigenvalue weighted by Crippen LogP contribution is -2.27. The highest BCUT2D eigenvalue weighted by molar-refractivity contribution is 7.11. The van der Waals surface area contributed by atoms with Crippen molar-refractivity contribution in [3.63, 3.8) is 0 Å². The molecule has 1 N–H and O–H groups in total. The molecule has 0 fully saturated rings. The van der Waals surface area contributed by atoms with Crippen LogP contribution < -0.4 is 5.32 Å². The molecule has 0 saturated carbocycles. The molecule has 2 aromatic rings. The number of aromatic nitrogens is 1. The molecule has 0 saturated heterocycles. The van der Waals surface area contributed by atoms with Gasteiger partial charge in [-0.1, -0.05) is 11.6 Å². The Balaban J connectivity index is 1.74. The van der Waals surface area contributed by atoms with Crippen molar-refractivity contribution in [1.29, 1.82) is 0 Å². The Morgan fingerprint density at radius 2 is 2.17 bits per heavy atom. The van der Waals surface area contributed by atoms with Gasteiger partial charge in [0, 0.05) is 16.5 Å². The van der Waals surface area contributed by atoms with Crippen LogP contribution in [0.4, 0.5) is 18.9 Å². The molecule has 0 radical (unpaired) electrons. The first-order valence-corrected chi connectivity index (χ1v) is 8.56. The van der Waals surface area contributed by atoms with Crippen molar-refractivity contribution in [2.24, 2.45) is 5.92 Å². The molecule has 1 aromatic heterocycles. The highest BCUT2D eigenvalue weighted by Gasteiger charge is 2.34. The zero-order valence-corrected chi connectivity index (χ0v) is 14.3. The molecule has 3 nitrogen and oxygen atoms in total. The highest BCUT2D eigenvalue weighted by Crippen LogP contribution is 2.36. The van der Waals surface area contributed by atoms with E-state index in [2.05, 4.69) is 10.3 Å². The van der Waals surface area contributed by atoms with E-state index in [-0.39, 0.29) is 22.5 Å². The molecule has 128 valence electrons. The van der Waals surface area contributed by atoms with Gasteiger partial charge in [0.25, 0.3) is 0 Å². The van der Waals surface area contributed by atoms with Crippen molar-refractivity contribution in [2.75, 3.05) is 5.32 Å². The summed E-state index contributed by atoms with van der Waals surface area (Å²) in [7, 11) is 0. The molecule has 1 aromatic carbocycles. The van der Waals surface area contributed by atoms with E-state index < -0.39 is 11.7 Å². The number of carbonyl (C=O) groups is 1. The number of fused-ring (bicyclic) bond motifs is 1. The Labute approximate surface area is 145 Å². The summed E-state index contributed by atoms with van der Waals surface area (Å²) in [6.07, 6.45) is -2.63. The number of alkyl halides is 3. The SMILES string of the molecule is Cc1nc2c(s1)CC(C(=O)Nc1ccc(Cl)c(C(F)(F)F)c1)CC2. The molecule has 24 heavy (non-hydrogen) atoms. The molecule has 1 amide bonds. The van der Waals surface area contributed by atoms with E-state index in [0.29, 0.717) is 19.3 Å². The molecule has 1 unspecified atom stereocenters. The van der Waals surface area contributed by atoms with Gasteiger partial charge in [-0.25, -0.2) is 4.98 Å². The van der Waals surface area contributed by atoms with E-state index in [0.717, 1.165) is 27.7 Å². The van der Waals surface area contributed by atoms with E-state index in [1.807, 2.05) is 6.92 Å². The first kappa shape index (κ1) is 17.2. The summed E-state index contributed by atoms with van der Waals surface area (Å²) in [6, 6.07) is 3.39. The maximum absolute atomic E-state index is 12.9. The number of hydrogen-bond acceptors (Lipinski definition) is 3. The second-order valence-corrected chi connectivity index (χ2v) is 7.42. The van der Waals surface area contributed by atoms with Gasteiger partial charge in [0.05, 0.1) is 21.3 Å². The second-order valence-electron chi connectivity index (χ2n) is 5.72. The van der Waals surface area contributed by atoms with Gasteiger partial charge in [-0.3, -0.25) is 4.79 Å². The number of carbonyl (C=O) groups excluding carboxylic acids is 1. The van der Waals surface area contributed by atoms with Crippen LogP contribution in [0.25, 0.3) is 0 Å². The molecular weight excluding hydrogens is 361 g/mol. The van der Waals surface area contributed by atoms with E-state index in [1.54, 1.807) is 11.3 Å². The molecule has 0 bridgehead atoms. The smallest absolute Gasteiger partial charge is 0.326 e. The largest absolute Gasteiger partial charge is 0.417 e. The number of hydrogen-bond donors (Lipinski definition) is 1. The number of anilines is 1. The van der Waals surface area contributed by atoms with Crippen molar-refractivity contribution in [3.8, 4) is 0 Å². The lowest BCUT2D eigenvalue weighted by atomic mass is 9.90. The minimum atomic E-state index is -4.56. The zero-order chi connectivity index (χ0) is 17.5. The van der Waals surface area contributed by atoms with Gasteiger partial charge >= 0.3 is 6.18 Å². The maximum Gasteiger partial charge on any atom is 0.417 e. The number of rotatable bonds is 2. The minimum Gasteiger partial charge on any atom is -0.326 e. The first-order chi connectivity index (χ1) is 11.2. The van der Waals surface area contributed by atoms with Crippen LogP contribution in [-0.2, 0) is 23.8 Å². The van der Waals surface area contributed by atoms with E-state index in [9.17, 15) is 18.0 Å². The Hall–Kier alpha value is -1.60. The van der Waals surface area contributed by atoms with E-state index in [1.165, 1.54) is 6.07 Å². The average molecular weight is 375 g/mol. The van der Waals surface area contributed by atoms with Gasteiger partial charge in [0.15, 0.2) is 0 Å². The lowest BCUT2D eigenvalue weighted by molar-refractivity contribution is -0.137. The summed E-state index contributed by atoms with van der Waals surface area (Å²) < 4.78 is 38.7. The predicted molar refractivity (Wildman–Crippen MR) is 87.4 cm³/mol. The lowest BCUT2D eigenvalue weighted by Gasteiger charge is -2.21. The van der Waals surface area contributed by atoms with Gasteiger partial charge in [0.1, 0.15) is 0 Å². The average Bonchev–Trinajstić information content (AvgIpc) is 2.87. The summed E-state index contributed by atoms with van der Waals surface area (Å²) in [5.74, 6) is -0.537. The van der Waals surface area contributed by atoms with Crippen LogP contribution in [0.3, 0.4) is 0 Å². The van der Waals surface area contributed by atoms with Crippen molar-refractivity contribution in [3.05, 3.63) is 44.4 Å². The molecule has 1 aliphatic rings. The van der Waals surface area contributed by atoms with Crippen LogP contribution in [0.5, 0.6) is 0 Å². The summed E-state index contributed by atoms with van der Waals surface area (Å²) in [5.41, 5.74) is 0.182. The fourth-order valence-electron chi connectivity index (χ4n) is 2.79. The fourth-order valence-corrected chi connectivity index (χ4v) is 4.08. The monoisotopic (exact) mass is 374 g/mol. The van der Waals surface area contributed by atoms with Crippen LogP contribution in [0.15, 0.2) is 18.2 Å². The number of amides is 1. The number of nitrogens with one attached hydrogen (secondary N) is 1. The van der Waals surface area contributed by atoms with Gasteiger partial charge in [0.2, 0.25) is 5.91 Å². The van der Waals surface area contributed by atoms with E-state index in [4.69, 9.17) is 11.6 Å². The molecular formula is C16H14ClF3N2OS. The van der Waals surface area contributed by atoms with Crippen molar-refractivity contribution < 1.29 is 18.0 Å². The Morgan fingerprint density at radius 3 is 2.88 bits per heavy atom. The highest BCUT2D eigenvalue weighted by atomic mass is 35.5. The van der Waals surface area contributed by atoms with Crippen molar-refractivity contribution >= 4 is 34.5 Å². The number of thiazole rings is 1. The molecule has 0 aliphatic heterocycles. The maximum atomic E-state index is 12.9. The number of nitrogens with zero attached hydrogens (tertiary/aromatic N) is 1. The van der Waals surface area contributed by atoms with Gasteiger partial charge in [-0.05, 0) is 44.4 Å². The summed E-state index contributed by atoms with van der Waals surface area (Å²) >= 11 is 7.15. The fraction of sp³-hybridized carbons (Fsp3) is 0.375. The first-order valence-electron chi connectivity index (χ1n) is 7.37. The Bertz CT molecular complexity index is 788. The summed E-state index contributed by atoms with van der Waals surface area (Å²) in [6.45, 7) is 1.92. The topological polar surface area (TPSA) is 42.0 Å². The molecule has 1 atom stereocenters. The molecule has 3 rings (SSSR count). The molecule has 8 heteroatoms. The summed E-state index contributed by atoms with van der Waals surface area (Å²) in [4.78, 5) is 17.9. The third-order valence-electron chi connectivity index (χ3n) is 3.96. The minimum absolute atomic E-state index is 0.100. The predicted octanol–water partition coefficient (Wildman–Crippen LogP) is 4.87. The number of aryl methyl sites for hydroxylation is 2. The van der Waals surface area contributed by atoms with Crippen molar-refractivity contribution in [2.45, 2.75) is 32.4 Å². The number of halogens is 4. The zero-order valence-electron chi connectivity index (χ0n) is 12.7. The number of benzene rings is 1. The van der Waals surface area contributed by atoms with Crippen LogP contribution >= 0.6 is 22.9 Å². The quantitative estimate of drug-likeness (QED) is 0.815. The van der Waals surface area contributed by atoms with Crippen LogP contribution in [0, 0.1) is 12.8 Å². The second kappa shape index (κ2) is 6.37. The summed E-state index contributed by atoms with van der Waals surface area (Å²) in [5, 5.41) is 3.16. The van der Waals surface area contributed by atoms with E-state index >= 15 is 0 Å². The van der Waals surface area contributed by atoms with Gasteiger partial charge in [-0.15, -0.1) is 11.3 Å². The van der Waals surface area contributed by atoms with Gasteiger partial charge in [-0.2, -0.15) is 13.2 Å². The van der Waals surface area contributed by atoms with Crippen LogP contribution in [-0.4, -0.2) is 10.9 Å². The molecule has 0 spiro atoms. The van der Waals surface area contributed by atoms with Gasteiger partial charge < -0.3 is 5.32 Å². The van der Waals surface area contributed by atoms with Crippen LogP contribution in [0.1, 0.15) is 27.6 Å². The standard InChI is InChI=1S/C16H14ClF3N2OS/c1-8-21-13-5-2-9(6-14(13)24-8)15(23)22-10-3-4-12(17)11(7-10)16(18,19)20/h3-4,7,9H,2,5-6H2,1H3,(H,22,23). The third kappa shape index (κ3) is 3.57. The molecule has 1 heterocycles. The molecule has 1 aliphatic carbocycles. The van der Waals surface area contributed by atoms with Crippen molar-refractivity contribution in [1.82, 2.24) is 4.98 Å². The third-order valence-corrected chi connectivity index (χ3v) is 5.32. The van der Waals surface area contributed by atoms with Crippen LogP contribution in [0.2, 0.25) is 5.02 Å². The normalized spacial score (nSPS) is 17.5.